The van der Waals surface area contributed by atoms with E-state index in [2.05, 4.69) is 25.9 Å². The van der Waals surface area contributed by atoms with Gasteiger partial charge in [-0.05, 0) is 18.2 Å². The summed E-state index contributed by atoms with van der Waals surface area (Å²) in [5.74, 6) is 1.23. The molecule has 0 N–H and O–H groups in total. The zero-order valence-corrected chi connectivity index (χ0v) is 11.6. The Balaban J connectivity index is 2.19. The minimum atomic E-state index is 0.326. The second kappa shape index (κ2) is 5.67. The highest BCUT2D eigenvalue weighted by molar-refractivity contribution is 9.10. The second-order valence-electron chi connectivity index (χ2n) is 3.16. The highest BCUT2D eigenvalue weighted by Crippen LogP contribution is 2.30. The van der Waals surface area contributed by atoms with Gasteiger partial charge in [-0.3, -0.25) is 4.98 Å². The Hall–Kier alpha value is -0.840. The molecule has 0 aliphatic carbocycles. The van der Waals surface area contributed by atoms with E-state index in [4.69, 9.17) is 27.9 Å². The van der Waals surface area contributed by atoms with Crippen LogP contribution in [0.2, 0.25) is 5.02 Å². The third kappa shape index (κ3) is 3.31. The van der Waals surface area contributed by atoms with Crippen molar-refractivity contribution in [3.05, 3.63) is 45.8 Å². The molecule has 0 atom stereocenters. The summed E-state index contributed by atoms with van der Waals surface area (Å²) in [7, 11) is 0. The van der Waals surface area contributed by atoms with E-state index in [0.29, 0.717) is 28.2 Å². The molecule has 0 saturated heterocycles. The molecule has 0 unspecified atom stereocenters. The Morgan fingerprint density at radius 1 is 1.24 bits per heavy atom. The zero-order valence-electron chi connectivity index (χ0n) is 8.53. The molecule has 6 heteroatoms. The minimum absolute atomic E-state index is 0.326. The third-order valence-electron chi connectivity index (χ3n) is 1.93. The molecule has 0 amide bonds. The fourth-order valence-corrected chi connectivity index (χ4v) is 1.99. The lowest BCUT2D eigenvalue weighted by Crippen LogP contribution is -1.92. The first kappa shape index (κ1) is 12.6. The summed E-state index contributed by atoms with van der Waals surface area (Å²) < 4.78 is 6.38. The SMILES string of the molecule is ClCc1cnc(Oc2ccc(Br)cc2Cl)cn1. The number of hydrogen-bond acceptors (Lipinski definition) is 3. The molecule has 2 rings (SSSR count). The Morgan fingerprint density at radius 2 is 2.06 bits per heavy atom. The van der Waals surface area contributed by atoms with Crippen LogP contribution in [0.1, 0.15) is 5.69 Å². The van der Waals surface area contributed by atoms with Crippen LogP contribution in [0.3, 0.4) is 0 Å². The molecular weight excluding hydrogens is 327 g/mol. The van der Waals surface area contributed by atoms with E-state index < -0.39 is 0 Å². The molecule has 3 nitrogen and oxygen atoms in total. The lowest BCUT2D eigenvalue weighted by atomic mass is 10.3. The van der Waals surface area contributed by atoms with Crippen LogP contribution in [0.25, 0.3) is 0 Å². The molecule has 0 spiro atoms. The van der Waals surface area contributed by atoms with Crippen molar-refractivity contribution in [1.29, 1.82) is 0 Å². The average molecular weight is 334 g/mol. The number of alkyl halides is 1. The molecule has 88 valence electrons. The maximum atomic E-state index is 6.01. The molecular formula is C11H7BrCl2N2O. The van der Waals surface area contributed by atoms with Gasteiger partial charge in [-0.1, -0.05) is 27.5 Å². The normalized spacial score (nSPS) is 10.3. The predicted molar refractivity (Wildman–Crippen MR) is 70.8 cm³/mol. The molecule has 0 radical (unpaired) electrons. The summed E-state index contributed by atoms with van der Waals surface area (Å²) in [5.41, 5.74) is 0.695. The molecule has 1 aromatic carbocycles. The third-order valence-corrected chi connectivity index (χ3v) is 2.99. The monoisotopic (exact) mass is 332 g/mol. The Bertz CT molecular complexity index is 519. The van der Waals surface area contributed by atoms with E-state index in [1.54, 1.807) is 18.3 Å². The number of benzene rings is 1. The number of ether oxygens (including phenoxy) is 1. The highest BCUT2D eigenvalue weighted by atomic mass is 79.9. The summed E-state index contributed by atoms with van der Waals surface area (Å²) >= 11 is 14.9. The Morgan fingerprint density at radius 3 is 2.65 bits per heavy atom. The molecule has 1 aromatic heterocycles. The number of nitrogens with zero attached hydrogens (tertiary/aromatic N) is 2. The summed E-state index contributed by atoms with van der Waals surface area (Å²) in [6, 6.07) is 5.34. The molecule has 1 heterocycles. The first-order valence-corrected chi connectivity index (χ1v) is 6.39. The first-order chi connectivity index (χ1) is 8.19. The van der Waals surface area contributed by atoms with Crippen molar-refractivity contribution in [3.63, 3.8) is 0 Å². The van der Waals surface area contributed by atoms with Gasteiger partial charge in [0.15, 0.2) is 0 Å². The van der Waals surface area contributed by atoms with Crippen molar-refractivity contribution >= 4 is 39.1 Å². The van der Waals surface area contributed by atoms with Crippen LogP contribution in [0, 0.1) is 0 Å². The van der Waals surface area contributed by atoms with E-state index in [0.717, 1.165) is 4.47 Å². The van der Waals surface area contributed by atoms with E-state index in [-0.39, 0.29) is 0 Å². The van der Waals surface area contributed by atoms with Crippen molar-refractivity contribution in [2.45, 2.75) is 5.88 Å². The van der Waals surface area contributed by atoms with Crippen molar-refractivity contribution in [2.24, 2.45) is 0 Å². The highest BCUT2D eigenvalue weighted by Gasteiger charge is 2.05. The summed E-state index contributed by atoms with van der Waals surface area (Å²) in [4.78, 5) is 8.14. The topological polar surface area (TPSA) is 35.0 Å². The molecule has 0 aliphatic heterocycles. The van der Waals surface area contributed by atoms with Crippen LogP contribution in [0.4, 0.5) is 0 Å². The van der Waals surface area contributed by atoms with E-state index >= 15 is 0 Å². The van der Waals surface area contributed by atoms with Crippen LogP contribution in [-0.4, -0.2) is 9.97 Å². The molecule has 0 fully saturated rings. The van der Waals surface area contributed by atoms with Crippen LogP contribution in [0.15, 0.2) is 35.1 Å². The van der Waals surface area contributed by atoms with E-state index in [9.17, 15) is 0 Å². The number of aromatic nitrogens is 2. The number of rotatable bonds is 3. The maximum absolute atomic E-state index is 6.01. The number of hydrogen-bond donors (Lipinski definition) is 0. The van der Waals surface area contributed by atoms with Gasteiger partial charge in [0.05, 0.1) is 29.0 Å². The maximum Gasteiger partial charge on any atom is 0.237 e. The van der Waals surface area contributed by atoms with E-state index in [1.807, 2.05) is 6.07 Å². The van der Waals surface area contributed by atoms with Gasteiger partial charge in [0.2, 0.25) is 5.88 Å². The van der Waals surface area contributed by atoms with Crippen molar-refractivity contribution in [3.8, 4) is 11.6 Å². The lowest BCUT2D eigenvalue weighted by Gasteiger charge is -2.06. The summed E-state index contributed by atoms with van der Waals surface area (Å²) in [6.07, 6.45) is 3.07. The van der Waals surface area contributed by atoms with Crippen LogP contribution < -0.4 is 4.74 Å². The molecule has 2 aromatic rings. The van der Waals surface area contributed by atoms with Gasteiger partial charge >= 0.3 is 0 Å². The van der Waals surface area contributed by atoms with Crippen LogP contribution in [0.5, 0.6) is 11.6 Å². The number of halogens is 3. The van der Waals surface area contributed by atoms with Crippen LogP contribution >= 0.6 is 39.1 Å². The summed E-state index contributed by atoms with van der Waals surface area (Å²) in [5, 5.41) is 0.502. The first-order valence-electron chi connectivity index (χ1n) is 4.69. The molecule has 0 bridgehead atoms. The van der Waals surface area contributed by atoms with Gasteiger partial charge < -0.3 is 4.74 Å². The van der Waals surface area contributed by atoms with Gasteiger partial charge in [-0.2, -0.15) is 0 Å². The fraction of sp³-hybridized carbons (Fsp3) is 0.0909. The van der Waals surface area contributed by atoms with Crippen LogP contribution in [-0.2, 0) is 5.88 Å². The predicted octanol–water partition coefficient (Wildman–Crippen LogP) is 4.42. The van der Waals surface area contributed by atoms with Gasteiger partial charge in [0.1, 0.15) is 5.75 Å². The van der Waals surface area contributed by atoms with Gasteiger partial charge in [-0.15, -0.1) is 11.6 Å². The second-order valence-corrected chi connectivity index (χ2v) is 4.75. The minimum Gasteiger partial charge on any atom is -0.436 e. The molecule has 0 saturated carbocycles. The molecule has 17 heavy (non-hydrogen) atoms. The van der Waals surface area contributed by atoms with Gasteiger partial charge in [0, 0.05) is 4.47 Å². The largest absolute Gasteiger partial charge is 0.436 e. The van der Waals surface area contributed by atoms with E-state index in [1.165, 1.54) is 6.20 Å². The Kier molecular flexibility index (Phi) is 4.20. The molecule has 0 aliphatic rings. The van der Waals surface area contributed by atoms with Gasteiger partial charge in [0.25, 0.3) is 0 Å². The Labute approximate surface area is 117 Å². The van der Waals surface area contributed by atoms with Crippen molar-refractivity contribution in [2.75, 3.05) is 0 Å². The quantitative estimate of drug-likeness (QED) is 0.780. The average Bonchev–Trinajstić information content (AvgIpc) is 2.34. The smallest absolute Gasteiger partial charge is 0.237 e. The lowest BCUT2D eigenvalue weighted by molar-refractivity contribution is 0.459. The standard InChI is InChI=1S/C11H7BrCl2N2O/c12-7-1-2-10(9(14)3-7)17-11-6-15-8(4-13)5-16-11/h1-3,5-6H,4H2. The zero-order chi connectivity index (χ0) is 12.3. The van der Waals surface area contributed by atoms with Gasteiger partial charge in [-0.25, -0.2) is 4.98 Å². The van der Waals surface area contributed by atoms with Crippen molar-refractivity contribution in [1.82, 2.24) is 9.97 Å². The summed E-state index contributed by atoms with van der Waals surface area (Å²) in [6.45, 7) is 0. The van der Waals surface area contributed by atoms with Crippen molar-refractivity contribution < 1.29 is 4.74 Å². The fourth-order valence-electron chi connectivity index (χ4n) is 1.14.